The molecule has 1 aliphatic heterocycles. The van der Waals surface area contributed by atoms with E-state index in [1.54, 1.807) is 0 Å². The lowest BCUT2D eigenvalue weighted by Crippen LogP contribution is -2.24. The molecule has 2 rings (SSSR count). The molecule has 1 aromatic rings. The molecule has 0 spiro atoms. The molecule has 1 aromatic heterocycles. The molecule has 1 aliphatic rings. The largest absolute Gasteiger partial charge is 0.378 e. The molecular formula is C12H22N4O. The first-order chi connectivity index (χ1) is 8.31. The molecule has 0 radical (unpaired) electrons. The van der Waals surface area contributed by atoms with Gasteiger partial charge in [-0.25, -0.2) is 0 Å². The van der Waals surface area contributed by atoms with Crippen LogP contribution in [0.3, 0.4) is 0 Å². The smallest absolute Gasteiger partial charge is 0.0753 e. The second kappa shape index (κ2) is 6.12. The molecular weight excluding hydrogens is 216 g/mol. The zero-order chi connectivity index (χ0) is 12.1. The van der Waals surface area contributed by atoms with Crippen LogP contribution >= 0.6 is 0 Å². The second-order valence-electron chi connectivity index (χ2n) is 4.69. The molecule has 0 aromatic carbocycles. The Balaban J connectivity index is 1.85. The van der Waals surface area contributed by atoms with E-state index in [4.69, 9.17) is 4.74 Å². The maximum Gasteiger partial charge on any atom is 0.0753 e. The van der Waals surface area contributed by atoms with Gasteiger partial charge in [0, 0.05) is 13.7 Å². The Labute approximate surface area is 103 Å². The first kappa shape index (κ1) is 12.5. The van der Waals surface area contributed by atoms with E-state index in [9.17, 15) is 0 Å². The highest BCUT2D eigenvalue weighted by Crippen LogP contribution is 2.22. The van der Waals surface area contributed by atoms with Gasteiger partial charge in [-0.1, -0.05) is 5.21 Å². The van der Waals surface area contributed by atoms with E-state index >= 15 is 0 Å². The molecule has 0 amide bonds. The Morgan fingerprint density at radius 1 is 1.59 bits per heavy atom. The molecule has 5 nitrogen and oxygen atoms in total. The van der Waals surface area contributed by atoms with Crippen LogP contribution in [0.1, 0.15) is 43.8 Å². The third kappa shape index (κ3) is 3.26. The summed E-state index contributed by atoms with van der Waals surface area (Å²) in [6.07, 6.45) is 8.20. The van der Waals surface area contributed by atoms with Gasteiger partial charge in [0.1, 0.15) is 0 Å². The predicted octanol–water partition coefficient (Wildman–Crippen LogP) is 1.42. The van der Waals surface area contributed by atoms with Crippen molar-refractivity contribution in [2.75, 3.05) is 13.7 Å². The van der Waals surface area contributed by atoms with Crippen molar-refractivity contribution in [1.82, 2.24) is 20.3 Å². The van der Waals surface area contributed by atoms with E-state index in [0.29, 0.717) is 12.1 Å². The number of nitrogens with one attached hydrogen (secondary N) is 1. The lowest BCUT2D eigenvalue weighted by molar-refractivity contribution is 0.00854. The van der Waals surface area contributed by atoms with Crippen LogP contribution in [-0.2, 0) is 11.8 Å². The van der Waals surface area contributed by atoms with Crippen molar-refractivity contribution in [3.63, 3.8) is 0 Å². The van der Waals surface area contributed by atoms with Crippen LogP contribution in [0, 0.1) is 0 Å². The third-order valence-corrected chi connectivity index (χ3v) is 3.51. The maximum atomic E-state index is 5.75. The normalized spacial score (nSPS) is 22.6. The van der Waals surface area contributed by atoms with Crippen molar-refractivity contribution in [3.8, 4) is 0 Å². The molecule has 96 valence electrons. The summed E-state index contributed by atoms with van der Waals surface area (Å²) in [7, 11) is 3.92. The standard InChI is InChI=1S/C12H22N4O/c1-13-11(12-9-14-15-16(12)2)7-6-10-5-3-4-8-17-10/h9-11,13H,3-8H2,1-2H3. The van der Waals surface area contributed by atoms with Crippen LogP contribution in [0.4, 0.5) is 0 Å². The van der Waals surface area contributed by atoms with E-state index in [-0.39, 0.29) is 0 Å². The molecule has 0 saturated carbocycles. The number of aromatic nitrogens is 3. The van der Waals surface area contributed by atoms with Gasteiger partial charge in [0.2, 0.25) is 0 Å². The summed E-state index contributed by atoms with van der Waals surface area (Å²) in [5.41, 5.74) is 1.14. The minimum Gasteiger partial charge on any atom is -0.378 e. The Morgan fingerprint density at radius 3 is 3.06 bits per heavy atom. The van der Waals surface area contributed by atoms with E-state index in [2.05, 4.69) is 15.6 Å². The second-order valence-corrected chi connectivity index (χ2v) is 4.69. The van der Waals surface area contributed by atoms with E-state index in [1.807, 2.05) is 25.0 Å². The molecule has 2 unspecified atom stereocenters. The lowest BCUT2D eigenvalue weighted by atomic mass is 10.0. The van der Waals surface area contributed by atoms with Crippen LogP contribution in [0.25, 0.3) is 0 Å². The van der Waals surface area contributed by atoms with E-state index in [0.717, 1.165) is 25.1 Å². The van der Waals surface area contributed by atoms with Crippen LogP contribution in [-0.4, -0.2) is 34.8 Å². The van der Waals surface area contributed by atoms with Gasteiger partial charge >= 0.3 is 0 Å². The van der Waals surface area contributed by atoms with Gasteiger partial charge in [0.25, 0.3) is 0 Å². The van der Waals surface area contributed by atoms with Gasteiger partial charge in [-0.2, -0.15) is 0 Å². The summed E-state index contributed by atoms with van der Waals surface area (Å²) in [6.45, 7) is 0.933. The summed E-state index contributed by atoms with van der Waals surface area (Å²) in [5.74, 6) is 0. The number of hydrogen-bond acceptors (Lipinski definition) is 4. The molecule has 2 heterocycles. The monoisotopic (exact) mass is 238 g/mol. The number of rotatable bonds is 5. The quantitative estimate of drug-likeness (QED) is 0.843. The molecule has 1 N–H and O–H groups in total. The fraction of sp³-hybridized carbons (Fsp3) is 0.833. The zero-order valence-corrected chi connectivity index (χ0v) is 10.7. The Kier molecular flexibility index (Phi) is 4.50. The highest BCUT2D eigenvalue weighted by Gasteiger charge is 2.18. The number of hydrogen-bond donors (Lipinski definition) is 1. The van der Waals surface area contributed by atoms with Gasteiger partial charge in [-0.05, 0) is 39.2 Å². The first-order valence-electron chi connectivity index (χ1n) is 6.44. The van der Waals surface area contributed by atoms with Gasteiger partial charge in [-0.3, -0.25) is 4.68 Å². The summed E-state index contributed by atoms with van der Waals surface area (Å²) in [6, 6.07) is 0.320. The minimum absolute atomic E-state index is 0.320. The number of nitrogens with zero attached hydrogens (tertiary/aromatic N) is 3. The molecule has 1 saturated heterocycles. The maximum absolute atomic E-state index is 5.75. The molecule has 2 atom stereocenters. The van der Waals surface area contributed by atoms with Crippen LogP contribution < -0.4 is 5.32 Å². The Bertz CT molecular complexity index is 333. The van der Waals surface area contributed by atoms with Gasteiger partial charge in [-0.15, -0.1) is 5.10 Å². The van der Waals surface area contributed by atoms with Crippen LogP contribution in [0.15, 0.2) is 6.20 Å². The fourth-order valence-corrected chi connectivity index (χ4v) is 2.44. The molecule has 1 fully saturated rings. The van der Waals surface area contributed by atoms with Crippen molar-refractivity contribution in [2.45, 2.75) is 44.2 Å². The summed E-state index contributed by atoms with van der Waals surface area (Å²) < 4.78 is 7.59. The number of aryl methyl sites for hydroxylation is 1. The van der Waals surface area contributed by atoms with Crippen LogP contribution in [0.5, 0.6) is 0 Å². The highest BCUT2D eigenvalue weighted by atomic mass is 16.5. The molecule has 17 heavy (non-hydrogen) atoms. The Hall–Kier alpha value is -0.940. The SMILES string of the molecule is CNC(CCC1CCCCO1)c1cnnn1C. The van der Waals surface area contributed by atoms with Gasteiger partial charge in [0.15, 0.2) is 0 Å². The number of ether oxygens (including phenoxy) is 1. The average Bonchev–Trinajstić information content (AvgIpc) is 2.78. The first-order valence-corrected chi connectivity index (χ1v) is 6.44. The van der Waals surface area contributed by atoms with Crippen molar-refractivity contribution in [3.05, 3.63) is 11.9 Å². The lowest BCUT2D eigenvalue weighted by Gasteiger charge is -2.24. The third-order valence-electron chi connectivity index (χ3n) is 3.51. The summed E-state index contributed by atoms with van der Waals surface area (Å²) in [5, 5.41) is 11.2. The summed E-state index contributed by atoms with van der Waals surface area (Å²) >= 11 is 0. The van der Waals surface area contributed by atoms with E-state index < -0.39 is 0 Å². The highest BCUT2D eigenvalue weighted by molar-refractivity contribution is 5.01. The van der Waals surface area contributed by atoms with E-state index in [1.165, 1.54) is 19.3 Å². The van der Waals surface area contributed by atoms with Crippen molar-refractivity contribution < 1.29 is 4.74 Å². The molecule has 0 bridgehead atoms. The summed E-state index contributed by atoms with van der Waals surface area (Å²) in [4.78, 5) is 0. The van der Waals surface area contributed by atoms with Crippen LogP contribution in [0.2, 0.25) is 0 Å². The van der Waals surface area contributed by atoms with Crippen molar-refractivity contribution >= 4 is 0 Å². The topological polar surface area (TPSA) is 52.0 Å². The average molecular weight is 238 g/mol. The molecule has 0 aliphatic carbocycles. The van der Waals surface area contributed by atoms with Gasteiger partial charge < -0.3 is 10.1 Å². The Morgan fingerprint density at radius 2 is 2.47 bits per heavy atom. The van der Waals surface area contributed by atoms with Crippen molar-refractivity contribution in [2.24, 2.45) is 7.05 Å². The minimum atomic E-state index is 0.320. The predicted molar refractivity (Wildman–Crippen MR) is 65.6 cm³/mol. The van der Waals surface area contributed by atoms with Gasteiger partial charge in [0.05, 0.1) is 24.0 Å². The molecule has 5 heteroatoms. The fourth-order valence-electron chi connectivity index (χ4n) is 2.44. The zero-order valence-electron chi connectivity index (χ0n) is 10.7. The van der Waals surface area contributed by atoms with Crippen molar-refractivity contribution in [1.29, 1.82) is 0 Å².